The Labute approximate surface area is 152 Å². The molecule has 2 aliphatic rings. The number of rotatable bonds is 2. The molecule has 134 valence electrons. The number of anilines is 1. The molecule has 2 aliphatic heterocycles. The molecule has 1 fully saturated rings. The van der Waals surface area contributed by atoms with E-state index in [2.05, 4.69) is 10.3 Å². The van der Waals surface area contributed by atoms with Crippen LogP contribution in [-0.2, 0) is 11.2 Å². The number of piperazine rings is 1. The average Bonchev–Trinajstić information content (AvgIpc) is 3.11. The largest absolute Gasteiger partial charge is 0.329 e. The first-order valence-electron chi connectivity index (χ1n) is 8.98. The van der Waals surface area contributed by atoms with Gasteiger partial charge in [0.05, 0.1) is 6.04 Å². The van der Waals surface area contributed by atoms with Gasteiger partial charge in [0.25, 0.3) is 5.91 Å². The number of aromatic nitrogens is 1. The molecule has 4 rings (SSSR count). The number of carbonyl (C=O) groups is 2. The summed E-state index contributed by atoms with van der Waals surface area (Å²) in [5, 5.41) is 3.36. The SMILES string of the molecule is CC(=O)N1CCc2cc(C(=O)N3CCNCC3c3cccnc3)ccc21. The summed E-state index contributed by atoms with van der Waals surface area (Å²) in [6.45, 7) is 4.43. The maximum absolute atomic E-state index is 13.2. The van der Waals surface area contributed by atoms with Gasteiger partial charge in [0.1, 0.15) is 0 Å². The highest BCUT2D eigenvalue weighted by Gasteiger charge is 2.30. The summed E-state index contributed by atoms with van der Waals surface area (Å²) >= 11 is 0. The average molecular weight is 350 g/mol. The fourth-order valence-electron chi connectivity index (χ4n) is 3.85. The standard InChI is InChI=1S/C20H22N4O2/c1-14(25)23-9-6-15-11-16(4-5-18(15)23)20(26)24-10-8-22-13-19(24)17-3-2-7-21-12-17/h2-5,7,11-12,19,22H,6,8-10,13H2,1H3. The van der Waals surface area contributed by atoms with Crippen LogP contribution in [0.3, 0.4) is 0 Å². The van der Waals surface area contributed by atoms with Gasteiger partial charge in [-0.15, -0.1) is 0 Å². The van der Waals surface area contributed by atoms with Crippen LogP contribution < -0.4 is 10.2 Å². The molecule has 0 radical (unpaired) electrons. The lowest BCUT2D eigenvalue weighted by atomic mass is 10.0. The summed E-state index contributed by atoms with van der Waals surface area (Å²) < 4.78 is 0. The van der Waals surface area contributed by atoms with E-state index in [9.17, 15) is 9.59 Å². The number of benzene rings is 1. The molecule has 26 heavy (non-hydrogen) atoms. The van der Waals surface area contributed by atoms with Crippen molar-refractivity contribution in [3.8, 4) is 0 Å². The van der Waals surface area contributed by atoms with Crippen LogP contribution >= 0.6 is 0 Å². The van der Waals surface area contributed by atoms with Gasteiger partial charge < -0.3 is 15.1 Å². The van der Waals surface area contributed by atoms with Gasteiger partial charge in [-0.1, -0.05) is 6.07 Å². The molecule has 0 bridgehead atoms. The van der Waals surface area contributed by atoms with E-state index in [1.807, 2.05) is 41.4 Å². The first-order chi connectivity index (χ1) is 12.6. The van der Waals surface area contributed by atoms with Crippen LogP contribution in [-0.4, -0.2) is 47.9 Å². The molecule has 3 heterocycles. The lowest BCUT2D eigenvalue weighted by Crippen LogP contribution is -2.48. The zero-order valence-corrected chi connectivity index (χ0v) is 14.8. The Morgan fingerprint density at radius 1 is 1.23 bits per heavy atom. The Morgan fingerprint density at radius 3 is 2.88 bits per heavy atom. The number of hydrogen-bond donors (Lipinski definition) is 1. The number of pyridine rings is 1. The molecule has 6 heteroatoms. The number of carbonyl (C=O) groups excluding carboxylic acids is 2. The number of hydrogen-bond acceptors (Lipinski definition) is 4. The fourth-order valence-corrected chi connectivity index (χ4v) is 3.85. The number of nitrogens with zero attached hydrogens (tertiary/aromatic N) is 3. The Hall–Kier alpha value is -2.73. The zero-order chi connectivity index (χ0) is 18.1. The number of nitrogens with one attached hydrogen (secondary N) is 1. The van der Waals surface area contributed by atoms with Gasteiger partial charge in [0, 0.05) is 56.7 Å². The summed E-state index contributed by atoms with van der Waals surface area (Å²) in [6, 6.07) is 9.58. The highest BCUT2D eigenvalue weighted by atomic mass is 16.2. The molecule has 1 N–H and O–H groups in total. The van der Waals surface area contributed by atoms with E-state index < -0.39 is 0 Å². The molecule has 1 atom stereocenters. The summed E-state index contributed by atoms with van der Waals surface area (Å²) in [5.74, 6) is 0.0750. The van der Waals surface area contributed by atoms with Gasteiger partial charge in [-0.2, -0.15) is 0 Å². The molecule has 2 amide bonds. The smallest absolute Gasteiger partial charge is 0.254 e. The molecule has 0 aliphatic carbocycles. The zero-order valence-electron chi connectivity index (χ0n) is 14.8. The van der Waals surface area contributed by atoms with Crippen molar-refractivity contribution in [2.45, 2.75) is 19.4 Å². The molecule has 6 nitrogen and oxygen atoms in total. The number of amides is 2. The first kappa shape index (κ1) is 16.7. The van der Waals surface area contributed by atoms with Crippen LogP contribution in [0.15, 0.2) is 42.7 Å². The minimum atomic E-state index is -0.0214. The van der Waals surface area contributed by atoms with E-state index in [1.54, 1.807) is 18.0 Å². The van der Waals surface area contributed by atoms with Crippen molar-refractivity contribution in [3.05, 3.63) is 59.4 Å². The lowest BCUT2D eigenvalue weighted by molar-refractivity contribution is -0.116. The third-order valence-corrected chi connectivity index (χ3v) is 5.18. The minimum Gasteiger partial charge on any atom is -0.329 e. The van der Waals surface area contributed by atoms with Crippen LogP contribution in [0.2, 0.25) is 0 Å². The fraction of sp³-hybridized carbons (Fsp3) is 0.350. The van der Waals surface area contributed by atoms with E-state index >= 15 is 0 Å². The van der Waals surface area contributed by atoms with Gasteiger partial charge in [0.2, 0.25) is 5.91 Å². The summed E-state index contributed by atoms with van der Waals surface area (Å²) in [7, 11) is 0. The van der Waals surface area contributed by atoms with Crippen LogP contribution in [0.4, 0.5) is 5.69 Å². The van der Waals surface area contributed by atoms with Crippen molar-refractivity contribution < 1.29 is 9.59 Å². The van der Waals surface area contributed by atoms with E-state index in [0.29, 0.717) is 18.7 Å². The van der Waals surface area contributed by atoms with E-state index in [4.69, 9.17) is 0 Å². The quantitative estimate of drug-likeness (QED) is 0.897. The lowest BCUT2D eigenvalue weighted by Gasteiger charge is -2.36. The van der Waals surface area contributed by atoms with Crippen molar-refractivity contribution >= 4 is 17.5 Å². The van der Waals surface area contributed by atoms with E-state index in [0.717, 1.165) is 36.3 Å². The Kier molecular flexibility index (Phi) is 4.42. The van der Waals surface area contributed by atoms with Gasteiger partial charge in [-0.05, 0) is 41.8 Å². The molecular formula is C20H22N4O2. The maximum Gasteiger partial charge on any atom is 0.254 e. The predicted molar refractivity (Wildman–Crippen MR) is 99.1 cm³/mol. The van der Waals surface area contributed by atoms with Crippen LogP contribution in [0, 0.1) is 0 Å². The predicted octanol–water partition coefficient (Wildman–Crippen LogP) is 1.78. The highest BCUT2D eigenvalue weighted by molar-refractivity contribution is 5.98. The molecular weight excluding hydrogens is 328 g/mol. The van der Waals surface area contributed by atoms with Gasteiger partial charge in [0.15, 0.2) is 0 Å². The number of fused-ring (bicyclic) bond motifs is 1. The molecule has 1 saturated heterocycles. The topological polar surface area (TPSA) is 65.5 Å². The second-order valence-corrected chi connectivity index (χ2v) is 6.77. The molecule has 0 saturated carbocycles. The third-order valence-electron chi connectivity index (χ3n) is 5.18. The van der Waals surface area contributed by atoms with Gasteiger partial charge >= 0.3 is 0 Å². The van der Waals surface area contributed by atoms with E-state index in [1.165, 1.54) is 0 Å². The molecule has 1 aromatic heterocycles. The summed E-state index contributed by atoms with van der Waals surface area (Å²) in [5.41, 5.74) is 3.72. The van der Waals surface area contributed by atoms with Crippen LogP contribution in [0.5, 0.6) is 0 Å². The monoisotopic (exact) mass is 350 g/mol. The van der Waals surface area contributed by atoms with Crippen molar-refractivity contribution in [2.24, 2.45) is 0 Å². The minimum absolute atomic E-state index is 0.0214. The first-order valence-corrected chi connectivity index (χ1v) is 8.98. The van der Waals surface area contributed by atoms with Gasteiger partial charge in [-0.3, -0.25) is 14.6 Å². The Balaban J connectivity index is 1.61. The third kappa shape index (κ3) is 2.97. The molecule has 2 aromatic rings. The van der Waals surface area contributed by atoms with Crippen LogP contribution in [0.25, 0.3) is 0 Å². The van der Waals surface area contributed by atoms with Crippen molar-refractivity contribution in [2.75, 3.05) is 31.1 Å². The second kappa shape index (κ2) is 6.88. The maximum atomic E-state index is 13.2. The Bertz CT molecular complexity index is 837. The van der Waals surface area contributed by atoms with Crippen molar-refractivity contribution in [1.82, 2.24) is 15.2 Å². The molecule has 1 aromatic carbocycles. The molecule has 0 spiro atoms. The molecule has 1 unspecified atom stereocenters. The summed E-state index contributed by atoms with van der Waals surface area (Å²) in [4.78, 5) is 32.8. The van der Waals surface area contributed by atoms with Crippen molar-refractivity contribution in [3.63, 3.8) is 0 Å². The van der Waals surface area contributed by atoms with Gasteiger partial charge in [-0.25, -0.2) is 0 Å². The highest BCUT2D eigenvalue weighted by Crippen LogP contribution is 2.30. The Morgan fingerprint density at radius 2 is 2.12 bits per heavy atom. The van der Waals surface area contributed by atoms with E-state index in [-0.39, 0.29) is 17.9 Å². The normalized spacial score (nSPS) is 19.3. The van der Waals surface area contributed by atoms with Crippen LogP contribution in [0.1, 0.15) is 34.5 Å². The second-order valence-electron chi connectivity index (χ2n) is 6.77. The van der Waals surface area contributed by atoms with Crippen molar-refractivity contribution in [1.29, 1.82) is 0 Å². The summed E-state index contributed by atoms with van der Waals surface area (Å²) in [6.07, 6.45) is 4.36.